The van der Waals surface area contributed by atoms with Crippen molar-refractivity contribution in [2.75, 3.05) is 33.7 Å². The quantitative estimate of drug-likeness (QED) is 0.526. The lowest BCUT2D eigenvalue weighted by atomic mass is 10.0. The second-order valence-electron chi connectivity index (χ2n) is 8.11. The summed E-state index contributed by atoms with van der Waals surface area (Å²) in [6.07, 6.45) is 1.93. The maximum absolute atomic E-state index is 12.6. The van der Waals surface area contributed by atoms with Crippen molar-refractivity contribution in [1.29, 1.82) is 0 Å². The molecule has 32 heavy (non-hydrogen) atoms. The van der Waals surface area contributed by atoms with Crippen molar-refractivity contribution in [3.8, 4) is 0 Å². The molecule has 1 unspecified atom stereocenters. The number of likely N-dealkylation sites (N-methyl/N-ethyl adjacent to an activating group) is 1. The van der Waals surface area contributed by atoms with Gasteiger partial charge in [-0.3, -0.25) is 4.79 Å². The van der Waals surface area contributed by atoms with Crippen molar-refractivity contribution in [3.63, 3.8) is 0 Å². The fourth-order valence-electron chi connectivity index (χ4n) is 3.67. The first-order chi connectivity index (χ1) is 15.2. The molecule has 7 heteroatoms. The van der Waals surface area contributed by atoms with Gasteiger partial charge in [0.25, 0.3) is 0 Å². The molecular weight excluding hydrogens is 422 g/mol. The highest BCUT2D eigenvalue weighted by molar-refractivity contribution is 7.89. The van der Waals surface area contributed by atoms with E-state index in [1.54, 1.807) is 24.3 Å². The van der Waals surface area contributed by atoms with Gasteiger partial charge >= 0.3 is 0 Å². The number of aryl methyl sites for hydroxylation is 2. The van der Waals surface area contributed by atoms with Crippen LogP contribution in [-0.4, -0.2) is 57.3 Å². The molecule has 0 saturated carbocycles. The molecule has 2 aromatic carbocycles. The molecular formula is C25H37N3O3S. The number of amides is 1. The molecule has 0 spiro atoms. The molecule has 176 valence electrons. The van der Waals surface area contributed by atoms with E-state index in [4.69, 9.17) is 0 Å². The standard InChI is InChI=1S/C25H37N3O3S/c1-6-20-9-14-22(15-10-20)24(27(4)5)19-26-25(29)18-13-21-11-16-23(17-12-21)32(30,31)28(7-2)8-3/h9-12,14-17,24H,6-8,13,18-19H2,1-5H3,(H,26,29). The normalized spacial score (nSPS) is 12.8. The van der Waals surface area contributed by atoms with E-state index in [1.807, 2.05) is 27.9 Å². The van der Waals surface area contributed by atoms with Crippen LogP contribution in [0.15, 0.2) is 53.4 Å². The van der Waals surface area contributed by atoms with Crippen LogP contribution in [0.1, 0.15) is 49.9 Å². The third-order valence-corrected chi connectivity index (χ3v) is 7.86. The first kappa shape index (κ1) is 26.0. The highest BCUT2D eigenvalue weighted by Gasteiger charge is 2.21. The summed E-state index contributed by atoms with van der Waals surface area (Å²) in [5, 5.41) is 3.04. The molecule has 1 amide bonds. The van der Waals surface area contributed by atoms with Crippen molar-refractivity contribution in [2.45, 2.75) is 51.0 Å². The van der Waals surface area contributed by atoms with Gasteiger partial charge in [0, 0.05) is 26.1 Å². The number of hydrogen-bond donors (Lipinski definition) is 1. The summed E-state index contributed by atoms with van der Waals surface area (Å²) < 4.78 is 26.6. The number of carbonyl (C=O) groups is 1. The zero-order valence-electron chi connectivity index (χ0n) is 20.0. The molecule has 0 bridgehead atoms. The Hall–Kier alpha value is -2.22. The summed E-state index contributed by atoms with van der Waals surface area (Å²) >= 11 is 0. The summed E-state index contributed by atoms with van der Waals surface area (Å²) in [7, 11) is 0.567. The first-order valence-electron chi connectivity index (χ1n) is 11.3. The molecule has 0 aromatic heterocycles. The van der Waals surface area contributed by atoms with Crippen LogP contribution < -0.4 is 5.32 Å². The third-order valence-electron chi connectivity index (χ3n) is 5.80. The Morgan fingerprint density at radius 1 is 0.906 bits per heavy atom. The minimum Gasteiger partial charge on any atom is -0.354 e. The Labute approximate surface area is 193 Å². The number of hydrogen-bond acceptors (Lipinski definition) is 4. The van der Waals surface area contributed by atoms with E-state index in [1.165, 1.54) is 15.4 Å². The molecule has 6 nitrogen and oxygen atoms in total. The van der Waals surface area contributed by atoms with Gasteiger partial charge in [0.2, 0.25) is 15.9 Å². The van der Waals surface area contributed by atoms with Crippen LogP contribution in [0.4, 0.5) is 0 Å². The summed E-state index contributed by atoms with van der Waals surface area (Å²) in [5.41, 5.74) is 3.42. The number of rotatable bonds is 12. The van der Waals surface area contributed by atoms with Crippen LogP contribution in [0.25, 0.3) is 0 Å². The lowest BCUT2D eigenvalue weighted by Gasteiger charge is -2.25. The zero-order chi connectivity index (χ0) is 23.7. The summed E-state index contributed by atoms with van der Waals surface area (Å²) in [6, 6.07) is 15.5. The van der Waals surface area contributed by atoms with Gasteiger partial charge in [-0.2, -0.15) is 4.31 Å². The molecule has 0 radical (unpaired) electrons. The van der Waals surface area contributed by atoms with Crippen molar-refractivity contribution in [2.24, 2.45) is 0 Å². The molecule has 0 aliphatic rings. The lowest BCUT2D eigenvalue weighted by Crippen LogP contribution is -2.34. The molecule has 1 atom stereocenters. The zero-order valence-corrected chi connectivity index (χ0v) is 20.8. The summed E-state index contributed by atoms with van der Waals surface area (Å²) in [4.78, 5) is 14.8. The number of benzene rings is 2. The van der Waals surface area contributed by atoms with Crippen molar-refractivity contribution < 1.29 is 13.2 Å². The number of carbonyl (C=O) groups excluding carboxylic acids is 1. The Bertz CT molecular complexity index is 951. The Kier molecular flexibility index (Phi) is 9.87. The van der Waals surface area contributed by atoms with Crippen molar-refractivity contribution in [1.82, 2.24) is 14.5 Å². The largest absolute Gasteiger partial charge is 0.354 e. The second-order valence-corrected chi connectivity index (χ2v) is 10.0. The average Bonchev–Trinajstić information content (AvgIpc) is 2.79. The predicted molar refractivity (Wildman–Crippen MR) is 130 cm³/mol. The maximum atomic E-state index is 12.6. The fraction of sp³-hybridized carbons (Fsp3) is 0.480. The van der Waals surface area contributed by atoms with Gasteiger partial charge in [-0.15, -0.1) is 0 Å². The molecule has 0 aliphatic heterocycles. The fourth-order valence-corrected chi connectivity index (χ4v) is 5.13. The van der Waals surface area contributed by atoms with E-state index in [2.05, 4.69) is 41.4 Å². The smallest absolute Gasteiger partial charge is 0.243 e. The van der Waals surface area contributed by atoms with Crippen LogP contribution in [0, 0.1) is 0 Å². The van der Waals surface area contributed by atoms with Crippen molar-refractivity contribution >= 4 is 15.9 Å². The Morgan fingerprint density at radius 2 is 1.47 bits per heavy atom. The number of nitrogens with zero attached hydrogens (tertiary/aromatic N) is 2. The van der Waals surface area contributed by atoms with E-state index in [9.17, 15) is 13.2 Å². The number of sulfonamides is 1. The summed E-state index contributed by atoms with van der Waals surface area (Å²) in [5.74, 6) is -0.0122. The van der Waals surface area contributed by atoms with E-state index in [-0.39, 0.29) is 16.8 Å². The lowest BCUT2D eigenvalue weighted by molar-refractivity contribution is -0.121. The second kappa shape index (κ2) is 12.1. The monoisotopic (exact) mass is 459 g/mol. The Morgan fingerprint density at radius 3 is 1.97 bits per heavy atom. The van der Waals surface area contributed by atoms with Gasteiger partial charge in [-0.25, -0.2) is 8.42 Å². The maximum Gasteiger partial charge on any atom is 0.243 e. The van der Waals surface area contributed by atoms with Crippen LogP contribution in [0.5, 0.6) is 0 Å². The molecule has 0 saturated heterocycles. The van der Waals surface area contributed by atoms with Crippen LogP contribution in [0.3, 0.4) is 0 Å². The topological polar surface area (TPSA) is 69.7 Å². The van der Waals surface area contributed by atoms with E-state index < -0.39 is 10.0 Å². The summed E-state index contributed by atoms with van der Waals surface area (Å²) in [6.45, 7) is 7.22. The van der Waals surface area contributed by atoms with Crippen molar-refractivity contribution in [3.05, 3.63) is 65.2 Å². The number of nitrogens with one attached hydrogen (secondary N) is 1. The molecule has 0 aliphatic carbocycles. The van der Waals surface area contributed by atoms with E-state index in [0.29, 0.717) is 32.5 Å². The average molecular weight is 460 g/mol. The van der Waals surface area contributed by atoms with Gasteiger partial charge in [0.05, 0.1) is 10.9 Å². The third kappa shape index (κ3) is 6.89. The molecule has 2 aromatic rings. The SMILES string of the molecule is CCc1ccc(C(CNC(=O)CCc2ccc(S(=O)(=O)N(CC)CC)cc2)N(C)C)cc1. The van der Waals surface area contributed by atoms with E-state index >= 15 is 0 Å². The van der Waals surface area contributed by atoms with Gasteiger partial charge < -0.3 is 10.2 Å². The van der Waals surface area contributed by atoms with Gasteiger partial charge in [-0.1, -0.05) is 57.2 Å². The molecule has 2 rings (SSSR count). The molecule has 0 heterocycles. The minimum absolute atomic E-state index is 0.0122. The van der Waals surface area contributed by atoms with Gasteiger partial charge in [0.15, 0.2) is 0 Å². The highest BCUT2D eigenvalue weighted by atomic mass is 32.2. The Balaban J connectivity index is 1.91. The first-order valence-corrected chi connectivity index (χ1v) is 12.8. The molecule has 1 N–H and O–H groups in total. The van der Waals surface area contributed by atoms with Gasteiger partial charge in [0.1, 0.15) is 0 Å². The van der Waals surface area contributed by atoms with E-state index in [0.717, 1.165) is 12.0 Å². The van der Waals surface area contributed by atoms with Gasteiger partial charge in [-0.05, 0) is 55.8 Å². The predicted octanol–water partition coefficient (Wildman–Crippen LogP) is 3.63. The van der Waals surface area contributed by atoms with Crippen LogP contribution in [0.2, 0.25) is 0 Å². The van der Waals surface area contributed by atoms with Crippen LogP contribution >= 0.6 is 0 Å². The highest BCUT2D eigenvalue weighted by Crippen LogP contribution is 2.19. The van der Waals surface area contributed by atoms with Crippen LogP contribution in [-0.2, 0) is 27.7 Å². The minimum atomic E-state index is -3.46. The molecule has 0 fully saturated rings.